The minimum atomic E-state index is -1.04. The van der Waals surface area contributed by atoms with Crippen molar-refractivity contribution in [2.75, 3.05) is 7.11 Å². The molecule has 6 nitrogen and oxygen atoms in total. The quantitative estimate of drug-likeness (QED) is 0.426. The summed E-state index contributed by atoms with van der Waals surface area (Å²) in [6.45, 7) is 9.61. The molecule has 0 aliphatic heterocycles. The highest BCUT2D eigenvalue weighted by atomic mass is 16.6. The van der Waals surface area contributed by atoms with E-state index in [1.54, 1.807) is 6.92 Å². The van der Waals surface area contributed by atoms with Crippen molar-refractivity contribution in [1.82, 2.24) is 0 Å². The van der Waals surface area contributed by atoms with Crippen molar-refractivity contribution in [2.24, 2.45) is 0 Å². The van der Waals surface area contributed by atoms with Crippen LogP contribution in [0.2, 0.25) is 0 Å². The largest absolute Gasteiger partial charge is 0.466 e. The number of hydrogen-bond donors (Lipinski definition) is 2. The molecule has 0 aromatic rings. The molecular weight excluding hydrogens is 240 g/mol. The number of rotatable bonds is 5. The lowest BCUT2D eigenvalue weighted by Crippen LogP contribution is -2.17. The van der Waals surface area contributed by atoms with Crippen molar-refractivity contribution >= 4 is 11.9 Å². The van der Waals surface area contributed by atoms with E-state index >= 15 is 0 Å². The van der Waals surface area contributed by atoms with Crippen LogP contribution in [0, 0.1) is 0 Å². The summed E-state index contributed by atoms with van der Waals surface area (Å²) >= 11 is 0. The van der Waals surface area contributed by atoms with Gasteiger partial charge in [0.1, 0.15) is 0 Å². The molecule has 18 heavy (non-hydrogen) atoms. The molecule has 0 fully saturated rings. The van der Waals surface area contributed by atoms with Crippen LogP contribution >= 0.6 is 0 Å². The second-order valence-corrected chi connectivity index (χ2v) is 3.18. The molecule has 0 aromatic carbocycles. The molecule has 0 bridgehead atoms. The molecule has 0 saturated heterocycles. The Labute approximate surface area is 107 Å². The SMILES string of the molecule is C=C(C(=O)OC)C(O)CC.C=CC(=O)OC(C)O. The molecule has 0 amide bonds. The van der Waals surface area contributed by atoms with Crippen molar-refractivity contribution < 1.29 is 29.3 Å². The average molecular weight is 260 g/mol. The number of methoxy groups -OCH3 is 1. The Morgan fingerprint density at radius 1 is 1.39 bits per heavy atom. The zero-order chi connectivity index (χ0) is 14.7. The molecule has 2 unspecified atom stereocenters. The van der Waals surface area contributed by atoms with Gasteiger partial charge in [-0.15, -0.1) is 0 Å². The predicted molar refractivity (Wildman–Crippen MR) is 65.4 cm³/mol. The monoisotopic (exact) mass is 260 g/mol. The first kappa shape index (κ1) is 18.7. The highest BCUT2D eigenvalue weighted by Crippen LogP contribution is 2.04. The Morgan fingerprint density at radius 2 is 1.89 bits per heavy atom. The smallest absolute Gasteiger partial charge is 0.335 e. The fourth-order valence-electron chi connectivity index (χ4n) is 0.730. The van der Waals surface area contributed by atoms with Crippen molar-refractivity contribution in [1.29, 1.82) is 0 Å². The summed E-state index contributed by atoms with van der Waals surface area (Å²) in [7, 11) is 1.26. The van der Waals surface area contributed by atoms with Gasteiger partial charge in [0.2, 0.25) is 0 Å². The summed E-state index contributed by atoms with van der Waals surface area (Å²) in [5.74, 6) is -1.16. The van der Waals surface area contributed by atoms with Crippen LogP contribution in [0.5, 0.6) is 0 Å². The van der Waals surface area contributed by atoms with E-state index in [1.807, 2.05) is 0 Å². The highest BCUT2D eigenvalue weighted by molar-refractivity contribution is 5.88. The summed E-state index contributed by atoms with van der Waals surface area (Å²) in [5.41, 5.74) is 0.116. The molecule has 0 heterocycles. The van der Waals surface area contributed by atoms with Crippen LogP contribution in [-0.4, -0.2) is 41.7 Å². The van der Waals surface area contributed by atoms with E-state index in [4.69, 9.17) is 10.2 Å². The molecule has 0 aliphatic rings. The highest BCUT2D eigenvalue weighted by Gasteiger charge is 2.13. The second kappa shape index (κ2) is 10.5. The Bertz CT molecular complexity index is 295. The van der Waals surface area contributed by atoms with Gasteiger partial charge in [0.25, 0.3) is 0 Å². The van der Waals surface area contributed by atoms with Crippen molar-refractivity contribution in [3.63, 3.8) is 0 Å². The van der Waals surface area contributed by atoms with Crippen LogP contribution in [0.15, 0.2) is 24.8 Å². The molecule has 0 saturated carbocycles. The first-order valence-corrected chi connectivity index (χ1v) is 5.26. The van der Waals surface area contributed by atoms with Gasteiger partial charge in [-0.05, 0) is 13.3 Å². The predicted octanol–water partition coefficient (Wildman–Crippen LogP) is 0.540. The fraction of sp³-hybridized carbons (Fsp3) is 0.500. The number of carbonyl (C=O) groups excluding carboxylic acids is 2. The molecule has 6 heteroatoms. The molecule has 2 N–H and O–H groups in total. The van der Waals surface area contributed by atoms with Crippen LogP contribution in [0.4, 0.5) is 0 Å². The summed E-state index contributed by atoms with van der Waals surface area (Å²) in [6.07, 6.45) is -0.339. The maximum atomic E-state index is 10.6. The van der Waals surface area contributed by atoms with E-state index in [1.165, 1.54) is 14.0 Å². The van der Waals surface area contributed by atoms with Crippen LogP contribution < -0.4 is 0 Å². The van der Waals surface area contributed by atoms with Gasteiger partial charge in [-0.1, -0.05) is 20.1 Å². The summed E-state index contributed by atoms with van der Waals surface area (Å²) in [6, 6.07) is 0. The van der Waals surface area contributed by atoms with Crippen molar-refractivity contribution in [3.05, 3.63) is 24.8 Å². The minimum Gasteiger partial charge on any atom is -0.466 e. The van der Waals surface area contributed by atoms with Gasteiger partial charge in [0.15, 0.2) is 6.29 Å². The second-order valence-electron chi connectivity index (χ2n) is 3.18. The maximum Gasteiger partial charge on any atom is 0.335 e. The van der Waals surface area contributed by atoms with E-state index in [0.717, 1.165) is 6.08 Å². The van der Waals surface area contributed by atoms with Crippen LogP contribution in [0.1, 0.15) is 20.3 Å². The maximum absolute atomic E-state index is 10.6. The minimum absolute atomic E-state index is 0.116. The topological polar surface area (TPSA) is 93.1 Å². The summed E-state index contributed by atoms with van der Waals surface area (Å²) in [5, 5.41) is 17.4. The average Bonchev–Trinajstić information content (AvgIpc) is 2.35. The number of carbonyl (C=O) groups is 2. The van der Waals surface area contributed by atoms with E-state index in [-0.39, 0.29) is 5.57 Å². The summed E-state index contributed by atoms with van der Waals surface area (Å²) in [4.78, 5) is 20.8. The number of aliphatic hydroxyl groups excluding tert-OH is 2. The molecular formula is C12H20O6. The van der Waals surface area contributed by atoms with Crippen molar-refractivity contribution in [2.45, 2.75) is 32.7 Å². The molecule has 0 spiro atoms. The van der Waals surface area contributed by atoms with Gasteiger partial charge in [0.05, 0.1) is 18.8 Å². The van der Waals surface area contributed by atoms with Gasteiger partial charge in [-0.25, -0.2) is 9.59 Å². The fourth-order valence-corrected chi connectivity index (χ4v) is 0.730. The van der Waals surface area contributed by atoms with Gasteiger partial charge in [0, 0.05) is 6.08 Å². The lowest BCUT2D eigenvalue weighted by atomic mass is 10.1. The van der Waals surface area contributed by atoms with Gasteiger partial charge in [-0.3, -0.25) is 0 Å². The van der Waals surface area contributed by atoms with Crippen LogP contribution in [0.25, 0.3) is 0 Å². The van der Waals surface area contributed by atoms with E-state index < -0.39 is 24.3 Å². The molecule has 0 radical (unpaired) electrons. The lowest BCUT2D eigenvalue weighted by molar-refractivity contribution is -0.158. The molecule has 0 aliphatic carbocycles. The van der Waals surface area contributed by atoms with Crippen LogP contribution in [-0.2, 0) is 19.1 Å². The first-order chi connectivity index (χ1) is 8.29. The zero-order valence-electron chi connectivity index (χ0n) is 10.9. The molecule has 0 rings (SSSR count). The summed E-state index contributed by atoms with van der Waals surface area (Å²) < 4.78 is 8.53. The third kappa shape index (κ3) is 9.56. The first-order valence-electron chi connectivity index (χ1n) is 5.26. The van der Waals surface area contributed by atoms with Gasteiger partial charge in [-0.2, -0.15) is 0 Å². The van der Waals surface area contributed by atoms with Crippen LogP contribution in [0.3, 0.4) is 0 Å². The normalized spacial score (nSPS) is 12.3. The Hall–Kier alpha value is -1.66. The molecule has 2 atom stereocenters. The third-order valence-corrected chi connectivity index (χ3v) is 1.69. The van der Waals surface area contributed by atoms with Gasteiger partial charge < -0.3 is 19.7 Å². The van der Waals surface area contributed by atoms with Crippen molar-refractivity contribution in [3.8, 4) is 0 Å². The Kier molecular flexibility index (Phi) is 10.9. The standard InChI is InChI=1S/C7H12O3.C5H8O3/c1-4-6(8)5(2)7(9)10-3;1-3-5(7)8-4(2)6/h6,8H,2,4H2,1,3H3;3-4,6H,1H2,2H3. The number of ether oxygens (including phenoxy) is 2. The van der Waals surface area contributed by atoms with E-state index in [2.05, 4.69) is 22.6 Å². The van der Waals surface area contributed by atoms with E-state index in [9.17, 15) is 9.59 Å². The zero-order valence-corrected chi connectivity index (χ0v) is 10.9. The third-order valence-electron chi connectivity index (χ3n) is 1.69. The van der Waals surface area contributed by atoms with Gasteiger partial charge >= 0.3 is 11.9 Å². The number of aliphatic hydroxyl groups is 2. The van der Waals surface area contributed by atoms with E-state index in [0.29, 0.717) is 6.42 Å². The number of hydrogen-bond acceptors (Lipinski definition) is 6. The Morgan fingerprint density at radius 3 is 2.11 bits per heavy atom. The Balaban J connectivity index is 0. The molecule has 0 aromatic heterocycles. The number of esters is 2. The molecule has 104 valence electrons. The lowest BCUT2D eigenvalue weighted by Gasteiger charge is -2.07.